The first-order valence-corrected chi connectivity index (χ1v) is 9.22. The number of hydrogen-bond acceptors (Lipinski definition) is 5. The van der Waals surface area contributed by atoms with E-state index in [1.165, 1.54) is 0 Å². The Kier molecular flexibility index (Phi) is 6.02. The maximum Gasteiger partial charge on any atom is 0.149 e. The maximum absolute atomic E-state index is 10.2. The first-order chi connectivity index (χ1) is 12.7. The molecule has 3 aromatic rings. The summed E-state index contributed by atoms with van der Waals surface area (Å²) < 4.78 is 0. The highest BCUT2D eigenvalue weighted by molar-refractivity contribution is 5.76. The molecule has 0 bridgehead atoms. The zero-order chi connectivity index (χ0) is 18.4. The molecule has 0 fully saturated rings. The van der Waals surface area contributed by atoms with E-state index in [-0.39, 0.29) is 0 Å². The monoisotopic (exact) mass is 350 g/mol. The van der Waals surface area contributed by atoms with E-state index in [4.69, 9.17) is 0 Å². The van der Waals surface area contributed by atoms with Gasteiger partial charge in [0.05, 0.1) is 17.2 Å². The molecule has 0 radical (unpaired) electrons. The summed E-state index contributed by atoms with van der Waals surface area (Å²) in [6.07, 6.45) is 3.94. The summed E-state index contributed by atoms with van der Waals surface area (Å²) in [6.45, 7) is 7.16. The number of nitrogens with one attached hydrogen (secondary N) is 1. The molecule has 5 heteroatoms. The second-order valence-electron chi connectivity index (χ2n) is 6.49. The van der Waals surface area contributed by atoms with E-state index in [2.05, 4.69) is 34.0 Å². The van der Waals surface area contributed by atoms with Gasteiger partial charge in [0.25, 0.3) is 0 Å². The number of rotatable bonds is 8. The van der Waals surface area contributed by atoms with Crippen LogP contribution in [-0.4, -0.2) is 33.1 Å². The largest absolute Gasteiger partial charge is 0.508 e. The molecular weight excluding hydrogens is 324 g/mol. The van der Waals surface area contributed by atoms with Crippen LogP contribution in [0.2, 0.25) is 0 Å². The highest BCUT2D eigenvalue weighted by Gasteiger charge is 2.09. The lowest BCUT2D eigenvalue weighted by molar-refractivity contribution is 0.263. The van der Waals surface area contributed by atoms with Crippen LogP contribution in [0.3, 0.4) is 0 Å². The molecule has 1 heterocycles. The first-order valence-electron chi connectivity index (χ1n) is 9.22. The molecule has 2 N–H and O–H groups in total. The van der Waals surface area contributed by atoms with E-state index in [9.17, 15) is 5.11 Å². The van der Waals surface area contributed by atoms with Crippen molar-refractivity contribution in [3.8, 4) is 5.75 Å². The van der Waals surface area contributed by atoms with E-state index < -0.39 is 0 Å². The summed E-state index contributed by atoms with van der Waals surface area (Å²) >= 11 is 0. The molecule has 0 aliphatic rings. The number of anilines is 2. The molecule has 2 aromatic carbocycles. The minimum Gasteiger partial charge on any atom is -0.508 e. The van der Waals surface area contributed by atoms with Crippen LogP contribution < -0.4 is 5.32 Å². The lowest BCUT2D eigenvalue weighted by Crippen LogP contribution is -2.24. The van der Waals surface area contributed by atoms with Gasteiger partial charge >= 0.3 is 0 Å². The summed E-state index contributed by atoms with van der Waals surface area (Å²) in [5, 5.41) is 13.5. The van der Waals surface area contributed by atoms with Crippen LogP contribution in [0.25, 0.3) is 11.0 Å². The van der Waals surface area contributed by atoms with Gasteiger partial charge in [-0.3, -0.25) is 9.88 Å². The highest BCUT2D eigenvalue weighted by Crippen LogP contribution is 2.25. The molecule has 136 valence electrons. The van der Waals surface area contributed by atoms with Gasteiger partial charge in [-0.1, -0.05) is 26.0 Å². The Hall–Kier alpha value is -2.66. The van der Waals surface area contributed by atoms with Gasteiger partial charge in [-0.15, -0.1) is 0 Å². The predicted molar refractivity (Wildman–Crippen MR) is 107 cm³/mol. The zero-order valence-electron chi connectivity index (χ0n) is 15.4. The average molecular weight is 350 g/mol. The number of aromatic hydroxyl groups is 1. The Bertz CT molecular complexity index is 860. The lowest BCUT2D eigenvalue weighted by atomic mass is 10.1. The summed E-state index contributed by atoms with van der Waals surface area (Å²) in [5.74, 6) is 1.02. The molecule has 0 amide bonds. The fourth-order valence-corrected chi connectivity index (χ4v) is 3.10. The SMILES string of the molecule is CCCN(CCC)Cc1cc(Nc2cnc3ccccc3n2)ccc1O. The number of benzene rings is 2. The van der Waals surface area contributed by atoms with Gasteiger partial charge in [0.1, 0.15) is 11.6 Å². The third-order valence-electron chi connectivity index (χ3n) is 4.27. The summed E-state index contributed by atoms with van der Waals surface area (Å²) in [6, 6.07) is 13.4. The number of nitrogens with zero attached hydrogens (tertiary/aromatic N) is 3. The van der Waals surface area contributed by atoms with Crippen molar-refractivity contribution in [2.45, 2.75) is 33.2 Å². The minimum atomic E-state index is 0.331. The first kappa shape index (κ1) is 18.1. The minimum absolute atomic E-state index is 0.331. The number of aromatic nitrogens is 2. The van der Waals surface area contributed by atoms with Gasteiger partial charge in [-0.05, 0) is 56.3 Å². The van der Waals surface area contributed by atoms with Crippen molar-refractivity contribution in [3.63, 3.8) is 0 Å². The van der Waals surface area contributed by atoms with Crippen LogP contribution >= 0.6 is 0 Å². The Labute approximate surface area is 154 Å². The standard InChI is InChI=1S/C21H26N4O/c1-3-11-25(12-4-2)15-16-13-17(9-10-20(16)26)23-21-14-22-18-7-5-6-8-19(18)24-21/h5-10,13-14,26H,3-4,11-12,15H2,1-2H3,(H,23,24). The second kappa shape index (κ2) is 8.63. The number of phenols is 1. The molecule has 0 spiro atoms. The van der Waals surface area contributed by atoms with Crippen molar-refractivity contribution >= 4 is 22.5 Å². The van der Waals surface area contributed by atoms with Crippen LogP contribution in [0, 0.1) is 0 Å². The van der Waals surface area contributed by atoms with Crippen molar-refractivity contribution < 1.29 is 5.11 Å². The third-order valence-corrected chi connectivity index (χ3v) is 4.27. The summed E-state index contributed by atoms with van der Waals surface area (Å²) in [5.41, 5.74) is 3.55. The van der Waals surface area contributed by atoms with Gasteiger partial charge < -0.3 is 10.4 Å². The van der Waals surface area contributed by atoms with Gasteiger partial charge in [0, 0.05) is 17.8 Å². The molecule has 0 aliphatic carbocycles. The number of fused-ring (bicyclic) bond motifs is 1. The van der Waals surface area contributed by atoms with Gasteiger partial charge in [0.15, 0.2) is 0 Å². The van der Waals surface area contributed by atoms with Gasteiger partial charge in [0.2, 0.25) is 0 Å². The van der Waals surface area contributed by atoms with E-state index in [1.807, 2.05) is 36.4 Å². The smallest absolute Gasteiger partial charge is 0.149 e. The molecule has 0 unspecified atom stereocenters. The van der Waals surface area contributed by atoms with Gasteiger partial charge in [-0.25, -0.2) is 4.98 Å². The number of phenolic OH excluding ortho intramolecular Hbond substituents is 1. The van der Waals surface area contributed by atoms with Crippen LogP contribution in [0.1, 0.15) is 32.3 Å². The van der Waals surface area contributed by atoms with Crippen molar-refractivity contribution in [3.05, 3.63) is 54.2 Å². The molecule has 0 saturated carbocycles. The van der Waals surface area contributed by atoms with Crippen LogP contribution in [0.5, 0.6) is 5.75 Å². The van der Waals surface area contributed by atoms with Crippen molar-refractivity contribution in [2.24, 2.45) is 0 Å². The molecule has 26 heavy (non-hydrogen) atoms. The molecule has 1 aromatic heterocycles. The van der Waals surface area contributed by atoms with E-state index in [1.54, 1.807) is 12.3 Å². The molecule has 3 rings (SSSR count). The lowest BCUT2D eigenvalue weighted by Gasteiger charge is -2.22. The van der Waals surface area contributed by atoms with E-state index in [0.29, 0.717) is 11.6 Å². The molecular formula is C21H26N4O. The van der Waals surface area contributed by atoms with Crippen molar-refractivity contribution in [2.75, 3.05) is 18.4 Å². The highest BCUT2D eigenvalue weighted by atomic mass is 16.3. The Balaban J connectivity index is 1.79. The fourth-order valence-electron chi connectivity index (χ4n) is 3.10. The average Bonchev–Trinajstić information content (AvgIpc) is 2.65. The van der Waals surface area contributed by atoms with Crippen LogP contribution in [0.15, 0.2) is 48.7 Å². The maximum atomic E-state index is 10.2. The summed E-state index contributed by atoms with van der Waals surface area (Å²) in [4.78, 5) is 11.4. The van der Waals surface area contributed by atoms with Crippen molar-refractivity contribution in [1.82, 2.24) is 14.9 Å². The predicted octanol–water partition coefficient (Wildman–Crippen LogP) is 4.70. The topological polar surface area (TPSA) is 61.3 Å². The van der Waals surface area contributed by atoms with Gasteiger partial charge in [-0.2, -0.15) is 0 Å². The number of para-hydroxylation sites is 2. The van der Waals surface area contributed by atoms with E-state index >= 15 is 0 Å². The third kappa shape index (κ3) is 4.49. The Morgan fingerprint density at radius 3 is 2.46 bits per heavy atom. The Morgan fingerprint density at radius 2 is 1.73 bits per heavy atom. The van der Waals surface area contributed by atoms with E-state index in [0.717, 1.165) is 54.8 Å². The molecule has 5 nitrogen and oxygen atoms in total. The van der Waals surface area contributed by atoms with Crippen LogP contribution in [-0.2, 0) is 6.54 Å². The van der Waals surface area contributed by atoms with Crippen LogP contribution in [0.4, 0.5) is 11.5 Å². The quantitative estimate of drug-likeness (QED) is 0.577. The summed E-state index contributed by atoms with van der Waals surface area (Å²) in [7, 11) is 0. The fraction of sp³-hybridized carbons (Fsp3) is 0.333. The molecule has 0 atom stereocenters. The zero-order valence-corrected chi connectivity index (χ0v) is 15.4. The normalized spacial score (nSPS) is 11.2. The van der Waals surface area contributed by atoms with Crippen molar-refractivity contribution in [1.29, 1.82) is 0 Å². The molecule has 0 aliphatic heterocycles. The molecule has 0 saturated heterocycles. The number of hydrogen-bond donors (Lipinski definition) is 2. The second-order valence-corrected chi connectivity index (χ2v) is 6.49. The Morgan fingerprint density at radius 1 is 1.00 bits per heavy atom.